The Bertz CT molecular complexity index is 651. The molecule has 0 radical (unpaired) electrons. The fourth-order valence-electron chi connectivity index (χ4n) is 3.25. The van der Waals surface area contributed by atoms with Gasteiger partial charge in [-0.05, 0) is 55.8 Å². The smallest absolute Gasteiger partial charge is 0.251 e. The molecular weight excluding hydrogens is 320 g/mol. The Balaban J connectivity index is 1.72. The lowest BCUT2D eigenvalue weighted by molar-refractivity contribution is 0.0924. The third-order valence-corrected chi connectivity index (χ3v) is 4.83. The van der Waals surface area contributed by atoms with Crippen LogP contribution in [0.3, 0.4) is 0 Å². The third kappa shape index (κ3) is 4.37. The summed E-state index contributed by atoms with van der Waals surface area (Å²) < 4.78 is 0. The lowest BCUT2D eigenvalue weighted by Crippen LogP contribution is -2.40. The Hall–Kier alpha value is -1.84. The molecule has 3 rings (SSSR count). The van der Waals surface area contributed by atoms with Gasteiger partial charge in [0.1, 0.15) is 0 Å². The number of carbonyl (C=O) groups excluding carboxylic acids is 1. The van der Waals surface area contributed by atoms with Crippen molar-refractivity contribution in [3.63, 3.8) is 0 Å². The molecule has 0 spiro atoms. The van der Waals surface area contributed by atoms with E-state index in [1.54, 1.807) is 0 Å². The molecule has 0 aliphatic carbocycles. The van der Waals surface area contributed by atoms with Crippen molar-refractivity contribution < 1.29 is 4.79 Å². The fraction of sp³-hybridized carbons (Fsp3) is 0.350. The van der Waals surface area contributed by atoms with Gasteiger partial charge in [0.05, 0.1) is 6.04 Å². The van der Waals surface area contributed by atoms with E-state index in [2.05, 4.69) is 22.3 Å². The summed E-state index contributed by atoms with van der Waals surface area (Å²) in [5.41, 5.74) is 1.90. The van der Waals surface area contributed by atoms with E-state index in [-0.39, 0.29) is 11.9 Å². The molecule has 1 saturated heterocycles. The second-order valence-electron chi connectivity index (χ2n) is 6.24. The summed E-state index contributed by atoms with van der Waals surface area (Å²) in [7, 11) is 0. The second kappa shape index (κ2) is 8.32. The van der Waals surface area contributed by atoms with Crippen molar-refractivity contribution in [2.75, 3.05) is 19.6 Å². The van der Waals surface area contributed by atoms with E-state index in [4.69, 9.17) is 11.6 Å². The highest BCUT2D eigenvalue weighted by Crippen LogP contribution is 2.25. The molecule has 1 amide bonds. The molecule has 0 aromatic heterocycles. The van der Waals surface area contributed by atoms with Gasteiger partial charge in [0.2, 0.25) is 0 Å². The lowest BCUT2D eigenvalue weighted by atomic mass is 10.0. The molecule has 1 aliphatic rings. The number of piperidine rings is 1. The van der Waals surface area contributed by atoms with Gasteiger partial charge in [-0.25, -0.2) is 0 Å². The van der Waals surface area contributed by atoms with Crippen molar-refractivity contribution in [2.45, 2.75) is 25.3 Å². The summed E-state index contributed by atoms with van der Waals surface area (Å²) in [4.78, 5) is 14.8. The number of nitrogens with zero attached hydrogens (tertiary/aromatic N) is 1. The zero-order chi connectivity index (χ0) is 16.8. The number of rotatable bonds is 5. The quantitative estimate of drug-likeness (QED) is 0.878. The van der Waals surface area contributed by atoms with Crippen LogP contribution < -0.4 is 5.32 Å². The Labute approximate surface area is 148 Å². The van der Waals surface area contributed by atoms with Crippen LogP contribution in [-0.4, -0.2) is 30.4 Å². The van der Waals surface area contributed by atoms with Gasteiger partial charge in [0, 0.05) is 17.1 Å². The molecule has 0 saturated carbocycles. The first kappa shape index (κ1) is 17.0. The molecule has 0 unspecified atom stereocenters. The van der Waals surface area contributed by atoms with Crippen molar-refractivity contribution in [2.24, 2.45) is 0 Å². The Morgan fingerprint density at radius 3 is 2.33 bits per heavy atom. The van der Waals surface area contributed by atoms with Gasteiger partial charge in [-0.2, -0.15) is 0 Å². The molecule has 3 nitrogen and oxygen atoms in total. The first-order chi connectivity index (χ1) is 11.7. The van der Waals surface area contributed by atoms with E-state index in [1.807, 2.05) is 42.5 Å². The topological polar surface area (TPSA) is 32.3 Å². The molecule has 0 bridgehead atoms. The maximum Gasteiger partial charge on any atom is 0.251 e. The minimum Gasteiger partial charge on any atom is -0.350 e. The number of benzene rings is 2. The summed E-state index contributed by atoms with van der Waals surface area (Å²) in [6.07, 6.45) is 3.73. The van der Waals surface area contributed by atoms with Crippen LogP contribution in [0.2, 0.25) is 5.02 Å². The number of amides is 1. The zero-order valence-corrected chi connectivity index (χ0v) is 14.5. The van der Waals surface area contributed by atoms with Crippen LogP contribution in [0.25, 0.3) is 0 Å². The van der Waals surface area contributed by atoms with Crippen molar-refractivity contribution in [3.8, 4) is 0 Å². The minimum atomic E-state index is -0.0217. The number of carbonyl (C=O) groups is 1. The molecule has 2 aromatic rings. The van der Waals surface area contributed by atoms with Gasteiger partial charge in [-0.3, -0.25) is 9.69 Å². The molecule has 24 heavy (non-hydrogen) atoms. The van der Waals surface area contributed by atoms with Gasteiger partial charge >= 0.3 is 0 Å². The molecule has 1 fully saturated rings. The lowest BCUT2D eigenvalue weighted by Gasteiger charge is -2.35. The highest BCUT2D eigenvalue weighted by atomic mass is 35.5. The Kier molecular flexibility index (Phi) is 5.89. The highest BCUT2D eigenvalue weighted by molar-refractivity contribution is 6.30. The van der Waals surface area contributed by atoms with E-state index in [0.29, 0.717) is 12.1 Å². The van der Waals surface area contributed by atoms with Gasteiger partial charge in [-0.1, -0.05) is 48.4 Å². The van der Waals surface area contributed by atoms with Crippen LogP contribution in [0.1, 0.15) is 41.2 Å². The standard InChI is InChI=1S/C20H23ClN2O/c21-18-11-9-16(10-12-18)19(23-13-5-2-6-14-23)15-22-20(24)17-7-3-1-4-8-17/h1,3-4,7-12,19H,2,5-6,13-15H2,(H,22,24)/t19-/m0/s1. The van der Waals surface area contributed by atoms with E-state index in [1.165, 1.54) is 24.8 Å². The number of nitrogens with one attached hydrogen (secondary N) is 1. The summed E-state index contributed by atoms with van der Waals surface area (Å²) in [6.45, 7) is 2.76. The van der Waals surface area contributed by atoms with Crippen LogP contribution in [-0.2, 0) is 0 Å². The highest BCUT2D eigenvalue weighted by Gasteiger charge is 2.23. The predicted molar refractivity (Wildman–Crippen MR) is 98.4 cm³/mol. The molecule has 4 heteroatoms. The average Bonchev–Trinajstić information content (AvgIpc) is 2.65. The molecule has 2 aromatic carbocycles. The van der Waals surface area contributed by atoms with Crippen LogP contribution in [0, 0.1) is 0 Å². The maximum atomic E-state index is 12.4. The van der Waals surface area contributed by atoms with Crippen LogP contribution in [0.4, 0.5) is 0 Å². The van der Waals surface area contributed by atoms with Gasteiger partial charge in [-0.15, -0.1) is 0 Å². The van der Waals surface area contributed by atoms with Gasteiger partial charge in [0.15, 0.2) is 0 Å². The molecular formula is C20H23ClN2O. The summed E-state index contributed by atoms with van der Waals surface area (Å²) >= 11 is 6.03. The minimum absolute atomic E-state index is 0.0217. The molecule has 1 atom stereocenters. The average molecular weight is 343 g/mol. The number of halogens is 1. The number of hydrogen-bond donors (Lipinski definition) is 1. The van der Waals surface area contributed by atoms with Crippen LogP contribution in [0.15, 0.2) is 54.6 Å². The van der Waals surface area contributed by atoms with Crippen molar-refractivity contribution in [1.82, 2.24) is 10.2 Å². The number of likely N-dealkylation sites (tertiary alicyclic amines) is 1. The summed E-state index contributed by atoms with van der Waals surface area (Å²) in [5, 5.41) is 3.84. The third-order valence-electron chi connectivity index (χ3n) is 4.58. The summed E-state index contributed by atoms with van der Waals surface area (Å²) in [5.74, 6) is -0.0217. The molecule has 1 heterocycles. The van der Waals surface area contributed by atoms with Crippen LogP contribution >= 0.6 is 11.6 Å². The van der Waals surface area contributed by atoms with E-state index < -0.39 is 0 Å². The maximum absolute atomic E-state index is 12.4. The second-order valence-corrected chi connectivity index (χ2v) is 6.68. The van der Waals surface area contributed by atoms with Gasteiger partial charge < -0.3 is 5.32 Å². The monoisotopic (exact) mass is 342 g/mol. The first-order valence-electron chi connectivity index (χ1n) is 8.57. The zero-order valence-electron chi connectivity index (χ0n) is 13.7. The van der Waals surface area contributed by atoms with Gasteiger partial charge in [0.25, 0.3) is 5.91 Å². The first-order valence-corrected chi connectivity index (χ1v) is 8.94. The van der Waals surface area contributed by atoms with Crippen molar-refractivity contribution >= 4 is 17.5 Å². The predicted octanol–water partition coefficient (Wildman–Crippen LogP) is 4.30. The van der Waals surface area contributed by atoms with Crippen LogP contribution in [0.5, 0.6) is 0 Å². The molecule has 126 valence electrons. The summed E-state index contributed by atoms with van der Waals surface area (Å²) in [6, 6.07) is 17.5. The number of hydrogen-bond acceptors (Lipinski definition) is 2. The van der Waals surface area contributed by atoms with Crippen molar-refractivity contribution in [1.29, 1.82) is 0 Å². The SMILES string of the molecule is O=C(NC[C@@H](c1ccc(Cl)cc1)N1CCCCC1)c1ccccc1. The Morgan fingerprint density at radius 2 is 1.67 bits per heavy atom. The Morgan fingerprint density at radius 1 is 1.00 bits per heavy atom. The van der Waals surface area contributed by atoms with E-state index >= 15 is 0 Å². The fourth-order valence-corrected chi connectivity index (χ4v) is 3.38. The van der Waals surface area contributed by atoms with E-state index in [0.717, 1.165) is 18.1 Å². The molecule has 1 aliphatic heterocycles. The normalized spacial score (nSPS) is 16.5. The van der Waals surface area contributed by atoms with Crippen molar-refractivity contribution in [3.05, 3.63) is 70.7 Å². The van der Waals surface area contributed by atoms with E-state index in [9.17, 15) is 4.79 Å². The molecule has 1 N–H and O–H groups in total. The largest absolute Gasteiger partial charge is 0.350 e.